The molecule has 0 spiro atoms. The van der Waals surface area contributed by atoms with Crippen molar-refractivity contribution in [3.63, 3.8) is 0 Å². The molecule has 25 heavy (non-hydrogen) atoms. The topological polar surface area (TPSA) is 98.3 Å². The van der Waals surface area contributed by atoms with E-state index in [2.05, 4.69) is 15.3 Å². The van der Waals surface area contributed by atoms with Crippen LogP contribution in [0.15, 0.2) is 36.8 Å². The Morgan fingerprint density at radius 1 is 1.36 bits per heavy atom. The first-order valence-corrected chi connectivity index (χ1v) is 8.32. The third kappa shape index (κ3) is 4.24. The molecule has 2 unspecified atom stereocenters. The maximum absolute atomic E-state index is 12.6. The quantitative estimate of drug-likeness (QED) is 0.760. The summed E-state index contributed by atoms with van der Waals surface area (Å²) in [4.78, 5) is 32.9. The highest BCUT2D eigenvalue weighted by atomic mass is 16.3. The third-order valence-electron chi connectivity index (χ3n) is 4.46. The van der Waals surface area contributed by atoms with E-state index in [0.29, 0.717) is 31.6 Å². The van der Waals surface area contributed by atoms with Gasteiger partial charge in [-0.05, 0) is 24.5 Å². The zero-order chi connectivity index (χ0) is 17.8. The van der Waals surface area contributed by atoms with Crippen molar-refractivity contribution in [1.82, 2.24) is 20.2 Å². The predicted molar refractivity (Wildman–Crippen MR) is 91.9 cm³/mol. The molecular formula is C18H22N4O3. The summed E-state index contributed by atoms with van der Waals surface area (Å²) in [5.74, 6) is -0.336. The number of hydrogen-bond acceptors (Lipinski definition) is 4. The lowest BCUT2D eigenvalue weighted by Gasteiger charge is -2.36. The van der Waals surface area contributed by atoms with Crippen LogP contribution in [0.5, 0.6) is 0 Å². The van der Waals surface area contributed by atoms with Crippen LogP contribution in [0.1, 0.15) is 28.0 Å². The molecule has 3 rings (SSSR count). The van der Waals surface area contributed by atoms with Gasteiger partial charge in [-0.3, -0.25) is 9.59 Å². The van der Waals surface area contributed by atoms with E-state index in [9.17, 15) is 14.7 Å². The van der Waals surface area contributed by atoms with Gasteiger partial charge in [-0.1, -0.05) is 24.3 Å². The van der Waals surface area contributed by atoms with Gasteiger partial charge in [0.1, 0.15) is 5.69 Å². The summed E-state index contributed by atoms with van der Waals surface area (Å²) < 4.78 is 0. The number of rotatable bonds is 4. The number of aliphatic hydroxyl groups is 1. The Kier molecular flexibility index (Phi) is 5.14. The summed E-state index contributed by atoms with van der Waals surface area (Å²) in [6.07, 6.45) is 2.94. The number of nitrogens with one attached hydrogen (secondary N) is 2. The number of carbonyl (C=O) groups excluding carboxylic acids is 2. The van der Waals surface area contributed by atoms with Crippen LogP contribution in [0.25, 0.3) is 0 Å². The van der Waals surface area contributed by atoms with Crippen LogP contribution >= 0.6 is 0 Å². The molecule has 1 aromatic heterocycles. The molecule has 0 saturated carbocycles. The van der Waals surface area contributed by atoms with Crippen molar-refractivity contribution < 1.29 is 14.7 Å². The number of nitrogens with zero attached hydrogens (tertiary/aromatic N) is 2. The summed E-state index contributed by atoms with van der Waals surface area (Å²) in [5.41, 5.74) is 2.40. The highest BCUT2D eigenvalue weighted by molar-refractivity contribution is 5.92. The molecule has 132 valence electrons. The monoisotopic (exact) mass is 342 g/mol. The van der Waals surface area contributed by atoms with Crippen molar-refractivity contribution in [1.29, 1.82) is 0 Å². The summed E-state index contributed by atoms with van der Waals surface area (Å²) in [7, 11) is 0. The minimum atomic E-state index is -0.651. The standard InChI is InChI=1S/C18H22N4O3/c1-12-4-2-3-5-13(12)6-17(24)22-9-14(7-15(23)10-22)21-18(25)16-8-19-11-20-16/h2-5,8,11,14-15,23H,6-7,9-10H2,1H3,(H,19,20)(H,21,25). The molecule has 2 heterocycles. The van der Waals surface area contributed by atoms with Gasteiger partial charge in [0.05, 0.1) is 25.0 Å². The first-order valence-electron chi connectivity index (χ1n) is 8.32. The normalized spacial score (nSPS) is 20.3. The molecule has 1 aliphatic rings. The highest BCUT2D eigenvalue weighted by Gasteiger charge is 2.30. The lowest BCUT2D eigenvalue weighted by atomic mass is 10.0. The van der Waals surface area contributed by atoms with E-state index in [1.165, 1.54) is 12.5 Å². The average Bonchev–Trinajstić information content (AvgIpc) is 3.11. The first-order chi connectivity index (χ1) is 12.0. The van der Waals surface area contributed by atoms with E-state index >= 15 is 0 Å². The number of likely N-dealkylation sites (tertiary alicyclic amines) is 1. The fourth-order valence-electron chi connectivity index (χ4n) is 3.11. The molecule has 0 bridgehead atoms. The van der Waals surface area contributed by atoms with Gasteiger partial charge < -0.3 is 20.3 Å². The maximum atomic E-state index is 12.6. The van der Waals surface area contributed by atoms with E-state index in [-0.39, 0.29) is 17.9 Å². The van der Waals surface area contributed by atoms with Crippen LogP contribution in [0.4, 0.5) is 0 Å². The van der Waals surface area contributed by atoms with E-state index < -0.39 is 6.10 Å². The molecular weight excluding hydrogens is 320 g/mol. The third-order valence-corrected chi connectivity index (χ3v) is 4.46. The lowest BCUT2D eigenvalue weighted by molar-refractivity contribution is -0.134. The van der Waals surface area contributed by atoms with Crippen LogP contribution in [-0.4, -0.2) is 57.0 Å². The Balaban J connectivity index is 1.63. The van der Waals surface area contributed by atoms with Crippen LogP contribution < -0.4 is 5.32 Å². The van der Waals surface area contributed by atoms with Crippen LogP contribution in [0.3, 0.4) is 0 Å². The number of aromatic amines is 1. The van der Waals surface area contributed by atoms with Crippen LogP contribution in [0, 0.1) is 6.92 Å². The first kappa shape index (κ1) is 17.2. The number of hydrogen-bond donors (Lipinski definition) is 3. The molecule has 0 radical (unpaired) electrons. The molecule has 1 saturated heterocycles. The van der Waals surface area contributed by atoms with Crippen molar-refractivity contribution >= 4 is 11.8 Å². The van der Waals surface area contributed by atoms with Crippen LogP contribution in [0.2, 0.25) is 0 Å². The molecule has 1 aromatic carbocycles. The van der Waals surface area contributed by atoms with E-state index in [1.807, 2.05) is 31.2 Å². The Bertz CT molecular complexity index is 745. The molecule has 1 aliphatic heterocycles. The Labute approximate surface area is 146 Å². The summed E-state index contributed by atoms with van der Waals surface area (Å²) in [6, 6.07) is 7.47. The molecule has 0 aliphatic carbocycles. The zero-order valence-corrected chi connectivity index (χ0v) is 14.1. The second-order valence-electron chi connectivity index (χ2n) is 6.43. The highest BCUT2D eigenvalue weighted by Crippen LogP contribution is 2.15. The number of piperidine rings is 1. The van der Waals surface area contributed by atoms with Gasteiger partial charge in [0.15, 0.2) is 0 Å². The number of H-pyrrole nitrogens is 1. The second kappa shape index (κ2) is 7.48. The largest absolute Gasteiger partial charge is 0.391 e. The Morgan fingerprint density at radius 3 is 2.88 bits per heavy atom. The molecule has 2 atom stereocenters. The van der Waals surface area contributed by atoms with Crippen molar-refractivity contribution in [2.75, 3.05) is 13.1 Å². The summed E-state index contributed by atoms with van der Waals surface area (Å²) >= 11 is 0. The molecule has 2 amide bonds. The second-order valence-corrected chi connectivity index (χ2v) is 6.43. The maximum Gasteiger partial charge on any atom is 0.269 e. The molecule has 7 heteroatoms. The smallest absolute Gasteiger partial charge is 0.269 e. The number of imidazole rings is 1. The lowest BCUT2D eigenvalue weighted by Crippen LogP contribution is -2.54. The average molecular weight is 342 g/mol. The van der Waals surface area contributed by atoms with Gasteiger partial charge in [0.25, 0.3) is 5.91 Å². The van der Waals surface area contributed by atoms with E-state index in [4.69, 9.17) is 0 Å². The number of carbonyl (C=O) groups is 2. The summed E-state index contributed by atoms with van der Waals surface area (Å²) in [5, 5.41) is 12.9. The number of aryl methyl sites for hydroxylation is 1. The SMILES string of the molecule is Cc1ccccc1CC(=O)N1CC(O)CC(NC(=O)c2cnc[nH]2)C1. The number of aliphatic hydroxyl groups excluding tert-OH is 1. The number of aromatic nitrogens is 2. The number of β-amino-alcohol motifs (C(OH)–C–C–N with tert-alkyl or cyclic N) is 1. The number of benzene rings is 1. The molecule has 3 N–H and O–H groups in total. The van der Waals surface area contributed by atoms with Gasteiger partial charge in [-0.15, -0.1) is 0 Å². The Hall–Kier alpha value is -2.67. The summed E-state index contributed by atoms with van der Waals surface area (Å²) in [6.45, 7) is 2.66. The van der Waals surface area contributed by atoms with Crippen LogP contribution in [-0.2, 0) is 11.2 Å². The van der Waals surface area contributed by atoms with Gasteiger partial charge >= 0.3 is 0 Å². The number of amides is 2. The zero-order valence-electron chi connectivity index (χ0n) is 14.1. The fourth-order valence-corrected chi connectivity index (χ4v) is 3.11. The molecule has 1 fully saturated rings. The van der Waals surface area contributed by atoms with E-state index in [1.54, 1.807) is 4.90 Å². The fraction of sp³-hybridized carbons (Fsp3) is 0.389. The minimum Gasteiger partial charge on any atom is -0.391 e. The van der Waals surface area contributed by atoms with Gasteiger partial charge in [-0.25, -0.2) is 4.98 Å². The minimum absolute atomic E-state index is 0.0474. The predicted octanol–water partition coefficient (Wildman–Crippen LogP) is 0.652. The molecule has 7 nitrogen and oxygen atoms in total. The Morgan fingerprint density at radius 2 is 2.16 bits per heavy atom. The van der Waals surface area contributed by atoms with E-state index in [0.717, 1.165) is 11.1 Å². The van der Waals surface area contributed by atoms with Crippen molar-refractivity contribution in [3.05, 3.63) is 53.6 Å². The van der Waals surface area contributed by atoms with Gasteiger partial charge in [-0.2, -0.15) is 0 Å². The van der Waals surface area contributed by atoms with Crippen molar-refractivity contribution in [2.24, 2.45) is 0 Å². The van der Waals surface area contributed by atoms with Gasteiger partial charge in [0.2, 0.25) is 5.91 Å². The van der Waals surface area contributed by atoms with Crippen molar-refractivity contribution in [2.45, 2.75) is 31.9 Å². The van der Waals surface area contributed by atoms with Crippen molar-refractivity contribution in [3.8, 4) is 0 Å². The van der Waals surface area contributed by atoms with Gasteiger partial charge in [0, 0.05) is 19.1 Å². The molecule has 2 aromatic rings.